The SMILES string of the molecule is C#CC1(O)CCC2C3CC/C=C/C(O)=C\C=C(/C)C3CCC21C. The Labute approximate surface area is 140 Å². The Morgan fingerprint density at radius 3 is 2.74 bits per heavy atom. The first-order chi connectivity index (χ1) is 10.9. The number of aliphatic hydroxyl groups is 2. The van der Waals surface area contributed by atoms with Crippen LogP contribution in [0.4, 0.5) is 0 Å². The molecule has 2 fully saturated rings. The number of hydrogen-bond donors (Lipinski definition) is 2. The maximum absolute atomic E-state index is 11.0. The van der Waals surface area contributed by atoms with Gasteiger partial charge in [0.2, 0.25) is 0 Å². The number of hydrogen-bond acceptors (Lipinski definition) is 2. The molecule has 5 unspecified atom stereocenters. The fraction of sp³-hybridized carbons (Fsp3) is 0.619. The largest absolute Gasteiger partial charge is 0.508 e. The number of fused-ring (bicyclic) bond motifs is 3. The summed E-state index contributed by atoms with van der Waals surface area (Å²) in [4.78, 5) is 0. The summed E-state index contributed by atoms with van der Waals surface area (Å²) < 4.78 is 0. The summed E-state index contributed by atoms with van der Waals surface area (Å²) in [6.07, 6.45) is 19.3. The van der Waals surface area contributed by atoms with Crippen LogP contribution in [0.5, 0.6) is 0 Å². The minimum atomic E-state index is -0.941. The van der Waals surface area contributed by atoms with E-state index in [4.69, 9.17) is 6.42 Å². The second-order valence-electron chi connectivity index (χ2n) is 7.86. The fourth-order valence-electron chi connectivity index (χ4n) is 5.40. The molecular weight excluding hydrogens is 284 g/mol. The predicted molar refractivity (Wildman–Crippen MR) is 93.7 cm³/mol. The van der Waals surface area contributed by atoms with Gasteiger partial charge in [-0.15, -0.1) is 6.42 Å². The van der Waals surface area contributed by atoms with Gasteiger partial charge in [0.25, 0.3) is 0 Å². The lowest BCUT2D eigenvalue weighted by atomic mass is 9.55. The van der Waals surface area contributed by atoms with E-state index in [1.807, 2.05) is 0 Å². The topological polar surface area (TPSA) is 40.5 Å². The molecule has 0 aromatic rings. The highest BCUT2D eigenvalue weighted by atomic mass is 16.3. The molecule has 0 aromatic heterocycles. The molecule has 0 bridgehead atoms. The predicted octanol–water partition coefficient (Wildman–Crippen LogP) is 4.53. The third-order valence-electron chi connectivity index (χ3n) is 6.88. The van der Waals surface area contributed by atoms with Gasteiger partial charge in [0.1, 0.15) is 11.4 Å². The average Bonchev–Trinajstić information content (AvgIpc) is 2.81. The molecule has 2 saturated carbocycles. The minimum Gasteiger partial charge on any atom is -0.508 e. The van der Waals surface area contributed by atoms with Crippen LogP contribution in [0.2, 0.25) is 0 Å². The Bertz CT molecular complexity index is 606. The van der Waals surface area contributed by atoms with E-state index in [-0.39, 0.29) is 5.41 Å². The van der Waals surface area contributed by atoms with Gasteiger partial charge in [-0.3, -0.25) is 0 Å². The molecule has 0 radical (unpaired) electrons. The van der Waals surface area contributed by atoms with Crippen LogP contribution in [0.25, 0.3) is 0 Å². The summed E-state index contributed by atoms with van der Waals surface area (Å²) in [6, 6.07) is 0. The molecule has 2 N–H and O–H groups in total. The number of allylic oxidation sites excluding steroid dienone is 5. The average molecular weight is 312 g/mol. The van der Waals surface area contributed by atoms with Crippen LogP contribution < -0.4 is 0 Å². The van der Waals surface area contributed by atoms with Gasteiger partial charge in [-0.05, 0) is 75.4 Å². The van der Waals surface area contributed by atoms with Crippen molar-refractivity contribution < 1.29 is 10.2 Å². The van der Waals surface area contributed by atoms with E-state index in [0.717, 1.165) is 38.5 Å². The zero-order chi connectivity index (χ0) is 16.7. The van der Waals surface area contributed by atoms with E-state index in [1.54, 1.807) is 12.2 Å². The quantitative estimate of drug-likeness (QED) is 0.645. The van der Waals surface area contributed by atoms with E-state index >= 15 is 0 Å². The molecule has 3 aliphatic carbocycles. The molecule has 0 spiro atoms. The Hall–Kier alpha value is -1.46. The fourth-order valence-corrected chi connectivity index (χ4v) is 5.40. The number of aliphatic hydroxyl groups excluding tert-OH is 1. The number of terminal acetylenes is 1. The van der Waals surface area contributed by atoms with Crippen molar-refractivity contribution in [3.8, 4) is 12.3 Å². The van der Waals surface area contributed by atoms with E-state index in [0.29, 0.717) is 23.5 Å². The van der Waals surface area contributed by atoms with Gasteiger partial charge in [0.15, 0.2) is 0 Å². The highest BCUT2D eigenvalue weighted by Gasteiger charge is 2.60. The van der Waals surface area contributed by atoms with Gasteiger partial charge in [-0.25, -0.2) is 0 Å². The van der Waals surface area contributed by atoms with Crippen molar-refractivity contribution in [1.29, 1.82) is 0 Å². The normalized spacial score (nSPS) is 49.6. The summed E-state index contributed by atoms with van der Waals surface area (Å²) in [5.74, 6) is 4.63. The van der Waals surface area contributed by atoms with Crippen LogP contribution in [0.1, 0.15) is 52.4 Å². The van der Waals surface area contributed by atoms with Gasteiger partial charge in [0.05, 0.1) is 0 Å². The second-order valence-corrected chi connectivity index (χ2v) is 7.86. The highest BCUT2D eigenvalue weighted by Crippen LogP contribution is 2.62. The molecule has 3 aliphatic rings. The van der Waals surface area contributed by atoms with E-state index in [9.17, 15) is 10.2 Å². The molecule has 0 aromatic carbocycles. The molecule has 3 rings (SSSR count). The van der Waals surface area contributed by atoms with Crippen LogP contribution in [0, 0.1) is 35.5 Å². The smallest absolute Gasteiger partial charge is 0.130 e. The molecule has 5 atom stereocenters. The molecular formula is C21H28O2. The maximum atomic E-state index is 11.0. The van der Waals surface area contributed by atoms with Crippen molar-refractivity contribution in [3.05, 3.63) is 35.6 Å². The number of rotatable bonds is 0. The van der Waals surface area contributed by atoms with Crippen molar-refractivity contribution in [3.63, 3.8) is 0 Å². The van der Waals surface area contributed by atoms with Crippen molar-refractivity contribution in [1.82, 2.24) is 0 Å². The minimum absolute atomic E-state index is 0.158. The van der Waals surface area contributed by atoms with Gasteiger partial charge in [0, 0.05) is 5.41 Å². The standard InChI is InChI=1S/C21H28O2/c1-4-21(23)14-12-19-18-8-6-5-7-16(22)10-9-15(2)17(18)11-13-20(19,21)3/h1,5,7,9-10,17-19,22-23H,6,8,11-14H2,2-3H3/b7-5+,15-9+,16-10+. The van der Waals surface area contributed by atoms with E-state index in [2.05, 4.69) is 31.9 Å². The first-order valence-corrected chi connectivity index (χ1v) is 8.85. The zero-order valence-corrected chi connectivity index (χ0v) is 14.3. The van der Waals surface area contributed by atoms with Crippen LogP contribution in [-0.2, 0) is 0 Å². The van der Waals surface area contributed by atoms with E-state index in [1.165, 1.54) is 5.57 Å². The van der Waals surface area contributed by atoms with Crippen LogP contribution in [0.3, 0.4) is 0 Å². The van der Waals surface area contributed by atoms with Gasteiger partial charge in [-0.2, -0.15) is 0 Å². The highest BCUT2D eigenvalue weighted by molar-refractivity contribution is 5.27. The summed E-state index contributed by atoms with van der Waals surface area (Å²) in [6.45, 7) is 4.39. The summed E-state index contributed by atoms with van der Waals surface area (Å²) in [5.41, 5.74) is 0.244. The first kappa shape index (κ1) is 16.4. The summed E-state index contributed by atoms with van der Waals surface area (Å²) in [5, 5.41) is 20.8. The molecule has 0 aliphatic heterocycles. The van der Waals surface area contributed by atoms with Crippen molar-refractivity contribution >= 4 is 0 Å². The molecule has 0 amide bonds. The summed E-state index contributed by atoms with van der Waals surface area (Å²) in [7, 11) is 0. The Morgan fingerprint density at radius 2 is 2.00 bits per heavy atom. The third-order valence-corrected chi connectivity index (χ3v) is 6.88. The molecule has 23 heavy (non-hydrogen) atoms. The van der Waals surface area contributed by atoms with Gasteiger partial charge in [-0.1, -0.05) is 30.6 Å². The Kier molecular flexibility index (Phi) is 4.19. The molecule has 0 heterocycles. The van der Waals surface area contributed by atoms with Gasteiger partial charge >= 0.3 is 0 Å². The summed E-state index contributed by atoms with van der Waals surface area (Å²) >= 11 is 0. The van der Waals surface area contributed by atoms with Crippen LogP contribution in [-0.4, -0.2) is 15.8 Å². The van der Waals surface area contributed by atoms with E-state index < -0.39 is 5.60 Å². The third kappa shape index (κ3) is 2.56. The van der Waals surface area contributed by atoms with Crippen molar-refractivity contribution in [2.24, 2.45) is 23.2 Å². The lowest BCUT2D eigenvalue weighted by Gasteiger charge is -2.50. The molecule has 0 saturated heterocycles. The molecule has 2 nitrogen and oxygen atoms in total. The van der Waals surface area contributed by atoms with Gasteiger partial charge < -0.3 is 10.2 Å². The lowest BCUT2D eigenvalue weighted by molar-refractivity contribution is -0.0685. The Balaban J connectivity index is 1.96. The maximum Gasteiger partial charge on any atom is 0.130 e. The monoisotopic (exact) mass is 312 g/mol. The Morgan fingerprint density at radius 1 is 1.22 bits per heavy atom. The van der Waals surface area contributed by atoms with Crippen LogP contribution >= 0.6 is 0 Å². The first-order valence-electron chi connectivity index (χ1n) is 8.85. The van der Waals surface area contributed by atoms with Crippen LogP contribution in [0.15, 0.2) is 35.6 Å². The molecule has 124 valence electrons. The molecule has 2 heteroatoms. The zero-order valence-electron chi connectivity index (χ0n) is 14.3. The second kappa shape index (κ2) is 5.87. The van der Waals surface area contributed by atoms with Crippen molar-refractivity contribution in [2.45, 2.75) is 58.0 Å². The lowest BCUT2D eigenvalue weighted by Crippen LogP contribution is -2.50. The van der Waals surface area contributed by atoms with Crippen molar-refractivity contribution in [2.75, 3.05) is 0 Å².